The minimum atomic E-state index is -3.30. The predicted octanol–water partition coefficient (Wildman–Crippen LogP) is 3.43. The third-order valence-corrected chi connectivity index (χ3v) is 4.84. The quantitative estimate of drug-likeness (QED) is 0.714. The Hall–Kier alpha value is -2.44. The molecular weight excluding hydrogens is 350 g/mol. The molecule has 0 saturated heterocycles. The molecule has 2 heterocycles. The van der Waals surface area contributed by atoms with Gasteiger partial charge in [0, 0.05) is 29.8 Å². The van der Waals surface area contributed by atoms with Gasteiger partial charge in [-0.25, -0.2) is 8.42 Å². The van der Waals surface area contributed by atoms with Gasteiger partial charge in [0.1, 0.15) is 17.0 Å². The number of sulfone groups is 1. The van der Waals surface area contributed by atoms with Gasteiger partial charge < -0.3 is 4.42 Å². The molecule has 5 nitrogen and oxygen atoms in total. The van der Waals surface area contributed by atoms with E-state index in [-0.39, 0.29) is 20.9 Å². The molecular formula is C17H12ClNO4S. The van der Waals surface area contributed by atoms with E-state index in [0.717, 1.165) is 6.26 Å². The second-order valence-corrected chi connectivity index (χ2v) is 7.58. The van der Waals surface area contributed by atoms with Gasteiger partial charge in [0.25, 0.3) is 0 Å². The fraction of sp³-hybridized carbons (Fsp3) is 0.0588. The monoisotopic (exact) mass is 361 g/mol. The molecule has 0 aliphatic carbocycles. The Morgan fingerprint density at radius 1 is 1.08 bits per heavy atom. The van der Waals surface area contributed by atoms with Crippen LogP contribution in [0.3, 0.4) is 0 Å². The Balaban J connectivity index is 2.23. The van der Waals surface area contributed by atoms with Gasteiger partial charge in [0.05, 0.1) is 10.5 Å². The van der Waals surface area contributed by atoms with E-state index < -0.39 is 9.84 Å². The van der Waals surface area contributed by atoms with E-state index in [0.29, 0.717) is 16.9 Å². The zero-order valence-corrected chi connectivity index (χ0v) is 14.1. The van der Waals surface area contributed by atoms with Crippen LogP contribution in [0.25, 0.3) is 22.5 Å². The molecule has 0 fully saturated rings. The van der Waals surface area contributed by atoms with E-state index >= 15 is 0 Å². The number of pyridine rings is 1. The minimum Gasteiger partial charge on any atom is -0.462 e. The highest BCUT2D eigenvalue weighted by Crippen LogP contribution is 2.31. The molecule has 0 aliphatic rings. The van der Waals surface area contributed by atoms with Crippen LogP contribution in [0.1, 0.15) is 0 Å². The van der Waals surface area contributed by atoms with Crippen molar-refractivity contribution in [1.82, 2.24) is 4.98 Å². The summed E-state index contributed by atoms with van der Waals surface area (Å²) in [6.07, 6.45) is 5.43. The Labute approximate surface area is 143 Å². The number of rotatable bonds is 3. The highest BCUT2D eigenvalue weighted by molar-refractivity contribution is 7.90. The van der Waals surface area contributed by atoms with Crippen LogP contribution in [0.4, 0.5) is 0 Å². The molecule has 0 amide bonds. The van der Waals surface area contributed by atoms with Crippen molar-refractivity contribution in [1.29, 1.82) is 0 Å². The number of hydrogen-bond acceptors (Lipinski definition) is 5. The Morgan fingerprint density at radius 2 is 1.79 bits per heavy atom. The van der Waals surface area contributed by atoms with Gasteiger partial charge in [0.2, 0.25) is 5.43 Å². The van der Waals surface area contributed by atoms with Gasteiger partial charge in [0.15, 0.2) is 9.84 Å². The van der Waals surface area contributed by atoms with Crippen molar-refractivity contribution in [3.05, 3.63) is 70.3 Å². The third-order valence-electron chi connectivity index (χ3n) is 3.45. The molecule has 2 aromatic heterocycles. The summed E-state index contributed by atoms with van der Waals surface area (Å²) in [7, 11) is -3.30. The van der Waals surface area contributed by atoms with E-state index in [2.05, 4.69) is 4.98 Å². The van der Waals surface area contributed by atoms with Gasteiger partial charge in [-0.15, -0.1) is 0 Å². The average molecular weight is 362 g/mol. The Morgan fingerprint density at radius 3 is 2.38 bits per heavy atom. The Kier molecular flexibility index (Phi) is 4.26. The number of benzene rings is 1. The van der Waals surface area contributed by atoms with Crippen molar-refractivity contribution in [2.75, 3.05) is 6.26 Å². The van der Waals surface area contributed by atoms with Crippen LogP contribution < -0.4 is 5.43 Å². The molecule has 3 rings (SSSR count). The van der Waals surface area contributed by atoms with Crippen LogP contribution in [0, 0.1) is 0 Å². The van der Waals surface area contributed by atoms with Crippen LogP contribution in [0.2, 0.25) is 5.02 Å². The van der Waals surface area contributed by atoms with E-state index in [9.17, 15) is 13.2 Å². The highest BCUT2D eigenvalue weighted by atomic mass is 35.5. The van der Waals surface area contributed by atoms with E-state index in [4.69, 9.17) is 16.0 Å². The average Bonchev–Trinajstić information content (AvgIpc) is 2.57. The zero-order valence-electron chi connectivity index (χ0n) is 12.6. The molecule has 0 spiro atoms. The van der Waals surface area contributed by atoms with E-state index in [1.165, 1.54) is 24.6 Å². The van der Waals surface area contributed by atoms with Crippen LogP contribution >= 0.6 is 11.6 Å². The van der Waals surface area contributed by atoms with Gasteiger partial charge in [-0.1, -0.05) is 17.7 Å². The summed E-state index contributed by atoms with van der Waals surface area (Å²) in [6, 6.07) is 9.53. The molecule has 0 atom stereocenters. The van der Waals surface area contributed by atoms with Crippen molar-refractivity contribution < 1.29 is 12.8 Å². The van der Waals surface area contributed by atoms with Crippen LogP contribution in [0.5, 0.6) is 0 Å². The molecule has 24 heavy (non-hydrogen) atoms. The van der Waals surface area contributed by atoms with Crippen LogP contribution in [-0.4, -0.2) is 19.7 Å². The molecule has 3 aromatic rings. The lowest BCUT2D eigenvalue weighted by Gasteiger charge is -2.09. The molecule has 0 radical (unpaired) electrons. The first kappa shape index (κ1) is 16.4. The summed E-state index contributed by atoms with van der Waals surface area (Å²) in [5.74, 6) is 0.303. The van der Waals surface area contributed by atoms with Gasteiger partial charge in [-0.05, 0) is 30.3 Å². The molecule has 0 bridgehead atoms. The highest BCUT2D eigenvalue weighted by Gasteiger charge is 2.17. The van der Waals surface area contributed by atoms with Gasteiger partial charge in [-0.3, -0.25) is 9.78 Å². The lowest BCUT2D eigenvalue weighted by Crippen LogP contribution is -2.07. The van der Waals surface area contributed by atoms with Gasteiger partial charge in [-0.2, -0.15) is 0 Å². The van der Waals surface area contributed by atoms with Crippen LogP contribution in [0.15, 0.2) is 69.2 Å². The van der Waals surface area contributed by atoms with Crippen molar-refractivity contribution in [2.45, 2.75) is 4.90 Å². The maximum absolute atomic E-state index is 12.5. The lowest BCUT2D eigenvalue weighted by molar-refractivity contribution is 0.566. The molecule has 7 heteroatoms. The number of halogens is 1. The number of hydrogen-bond donors (Lipinski definition) is 0. The summed E-state index contributed by atoms with van der Waals surface area (Å²) in [5, 5.41) is -0.0367. The first-order valence-electron chi connectivity index (χ1n) is 6.90. The standard InChI is InChI=1S/C17H12ClNO4S/c1-24(21,22)13-6-4-11(5-7-13)17-15(12-3-2-8-19-9-12)16(20)14(18)10-23-17/h2-10H,1H3. The summed E-state index contributed by atoms with van der Waals surface area (Å²) >= 11 is 5.90. The zero-order chi connectivity index (χ0) is 17.3. The second-order valence-electron chi connectivity index (χ2n) is 5.16. The first-order valence-corrected chi connectivity index (χ1v) is 9.17. The van der Waals surface area contributed by atoms with Crippen molar-refractivity contribution in [2.24, 2.45) is 0 Å². The third kappa shape index (κ3) is 3.11. The van der Waals surface area contributed by atoms with E-state index in [1.54, 1.807) is 30.5 Å². The van der Waals surface area contributed by atoms with Crippen LogP contribution in [-0.2, 0) is 9.84 Å². The number of nitrogens with zero attached hydrogens (tertiary/aromatic N) is 1. The summed E-state index contributed by atoms with van der Waals surface area (Å²) in [5.41, 5.74) is 1.03. The molecule has 0 aliphatic heterocycles. The molecule has 0 unspecified atom stereocenters. The summed E-state index contributed by atoms with van der Waals surface area (Å²) < 4.78 is 28.7. The largest absolute Gasteiger partial charge is 0.462 e. The fourth-order valence-electron chi connectivity index (χ4n) is 2.28. The summed E-state index contributed by atoms with van der Waals surface area (Å²) in [6.45, 7) is 0. The second kappa shape index (κ2) is 6.22. The topological polar surface area (TPSA) is 77.2 Å². The predicted molar refractivity (Wildman–Crippen MR) is 91.8 cm³/mol. The van der Waals surface area contributed by atoms with E-state index in [1.807, 2.05) is 0 Å². The summed E-state index contributed by atoms with van der Waals surface area (Å²) in [4.78, 5) is 16.7. The number of aromatic nitrogens is 1. The van der Waals surface area contributed by atoms with Gasteiger partial charge >= 0.3 is 0 Å². The molecule has 0 N–H and O–H groups in total. The normalized spacial score (nSPS) is 11.4. The minimum absolute atomic E-state index is 0.0367. The molecule has 1 aromatic carbocycles. The Bertz CT molecular complexity index is 1040. The first-order chi connectivity index (χ1) is 11.4. The van der Waals surface area contributed by atoms with Crippen molar-refractivity contribution in [3.63, 3.8) is 0 Å². The maximum atomic E-state index is 12.5. The lowest BCUT2D eigenvalue weighted by atomic mass is 10.0. The maximum Gasteiger partial charge on any atom is 0.211 e. The van der Waals surface area contributed by atoms with Crippen molar-refractivity contribution in [3.8, 4) is 22.5 Å². The smallest absolute Gasteiger partial charge is 0.211 e. The fourth-order valence-corrected chi connectivity index (χ4v) is 3.05. The molecule has 122 valence electrons. The SMILES string of the molecule is CS(=O)(=O)c1ccc(-c2occ(Cl)c(=O)c2-c2cccnc2)cc1. The molecule has 0 saturated carbocycles. The van der Waals surface area contributed by atoms with Crippen molar-refractivity contribution >= 4 is 21.4 Å².